The van der Waals surface area contributed by atoms with Crippen molar-refractivity contribution in [1.29, 1.82) is 0 Å². The second kappa shape index (κ2) is 11.4. The van der Waals surface area contributed by atoms with Crippen molar-refractivity contribution in [3.8, 4) is 0 Å². The highest BCUT2D eigenvalue weighted by Gasteiger charge is 2.55. The van der Waals surface area contributed by atoms with Crippen molar-refractivity contribution in [3.63, 3.8) is 0 Å². The van der Waals surface area contributed by atoms with E-state index in [2.05, 4.69) is 24.3 Å². The molecule has 2 N–H and O–H groups in total. The number of likely N-dealkylation sites (tertiary alicyclic amines) is 2. The summed E-state index contributed by atoms with van der Waals surface area (Å²) in [5, 5.41) is 0. The second-order valence-corrected chi connectivity index (χ2v) is 12.2. The normalized spacial score (nSPS) is 22.9. The van der Waals surface area contributed by atoms with Crippen LogP contribution in [0.15, 0.2) is 60.7 Å². The summed E-state index contributed by atoms with van der Waals surface area (Å²) in [7, 11) is 1.86. The van der Waals surface area contributed by atoms with Crippen LogP contribution in [0.4, 0.5) is 0 Å². The van der Waals surface area contributed by atoms with E-state index in [-0.39, 0.29) is 29.9 Å². The Morgan fingerprint density at radius 2 is 1.76 bits per heavy atom. The molecule has 0 aromatic heterocycles. The second-order valence-electron chi connectivity index (χ2n) is 11.2. The summed E-state index contributed by atoms with van der Waals surface area (Å²) in [6.07, 6.45) is 1.65. The number of piperidine rings is 1. The Bertz CT molecular complexity index is 1100. The highest BCUT2D eigenvalue weighted by molar-refractivity contribution is 7.98. The van der Waals surface area contributed by atoms with Crippen molar-refractivity contribution in [3.05, 3.63) is 71.8 Å². The topological polar surface area (TPSA) is 83.7 Å². The molecule has 2 heterocycles. The third-order valence-electron chi connectivity index (χ3n) is 7.86. The minimum absolute atomic E-state index is 0.0357. The SMILES string of the molecule is CN1C[C@@H](c2ccccc2)[C@@]2(CCCN(C(=O)[C@@H](CSCc3ccccc3)CC(=O)C(C)(C)N)C2)C1=O. The molecule has 0 aliphatic carbocycles. The number of Topliss-reactive ketones (excluding diaryl/α,β-unsaturated/α-hetero) is 1. The lowest BCUT2D eigenvalue weighted by atomic mass is 9.69. The molecule has 0 bridgehead atoms. The summed E-state index contributed by atoms with van der Waals surface area (Å²) in [5.41, 5.74) is 6.82. The highest BCUT2D eigenvalue weighted by Crippen LogP contribution is 2.49. The summed E-state index contributed by atoms with van der Waals surface area (Å²) < 4.78 is 0. The predicted octanol–water partition coefficient (Wildman–Crippen LogP) is 4.10. The smallest absolute Gasteiger partial charge is 0.231 e. The predicted molar refractivity (Wildman–Crippen MR) is 149 cm³/mol. The molecular formula is C30H39N3O3S. The maximum Gasteiger partial charge on any atom is 0.231 e. The van der Waals surface area contributed by atoms with Gasteiger partial charge in [0.05, 0.1) is 16.9 Å². The van der Waals surface area contributed by atoms with Crippen LogP contribution in [0.25, 0.3) is 0 Å². The van der Waals surface area contributed by atoms with Gasteiger partial charge in [0.15, 0.2) is 5.78 Å². The summed E-state index contributed by atoms with van der Waals surface area (Å²) >= 11 is 1.67. The van der Waals surface area contributed by atoms with E-state index in [0.717, 1.165) is 24.2 Å². The monoisotopic (exact) mass is 521 g/mol. The number of benzene rings is 2. The van der Waals surface area contributed by atoms with Crippen molar-refractivity contribution in [2.24, 2.45) is 17.1 Å². The number of carbonyl (C=O) groups excluding carboxylic acids is 3. The van der Waals surface area contributed by atoms with Crippen LogP contribution in [0.5, 0.6) is 0 Å². The highest BCUT2D eigenvalue weighted by atomic mass is 32.2. The zero-order valence-electron chi connectivity index (χ0n) is 22.2. The van der Waals surface area contributed by atoms with Crippen LogP contribution in [-0.2, 0) is 20.1 Å². The van der Waals surface area contributed by atoms with Crippen molar-refractivity contribution >= 4 is 29.4 Å². The van der Waals surface area contributed by atoms with E-state index < -0.39 is 16.9 Å². The molecule has 0 radical (unpaired) electrons. The summed E-state index contributed by atoms with van der Waals surface area (Å²) in [4.78, 5) is 44.1. The maximum atomic E-state index is 14.0. The van der Waals surface area contributed by atoms with E-state index in [9.17, 15) is 14.4 Å². The summed E-state index contributed by atoms with van der Waals surface area (Å²) in [5.74, 6) is 0.848. The quantitative estimate of drug-likeness (QED) is 0.537. The number of rotatable bonds is 9. The minimum Gasteiger partial charge on any atom is -0.345 e. The van der Waals surface area contributed by atoms with E-state index in [0.29, 0.717) is 25.4 Å². The van der Waals surface area contributed by atoms with Crippen LogP contribution < -0.4 is 5.73 Å². The van der Waals surface area contributed by atoms with Crippen LogP contribution in [0, 0.1) is 11.3 Å². The Morgan fingerprint density at radius 3 is 2.41 bits per heavy atom. The number of ketones is 1. The summed E-state index contributed by atoms with van der Waals surface area (Å²) in [6, 6.07) is 20.3. The molecule has 37 heavy (non-hydrogen) atoms. The molecule has 1 spiro atoms. The molecule has 0 saturated carbocycles. The van der Waals surface area contributed by atoms with E-state index >= 15 is 0 Å². The van der Waals surface area contributed by atoms with Crippen molar-refractivity contribution in [2.45, 2.75) is 50.3 Å². The van der Waals surface area contributed by atoms with Gasteiger partial charge in [0.1, 0.15) is 0 Å². The maximum absolute atomic E-state index is 14.0. The first-order valence-corrected chi connectivity index (χ1v) is 14.3. The lowest BCUT2D eigenvalue weighted by Gasteiger charge is -2.43. The number of likely N-dealkylation sites (N-methyl/N-ethyl adjacent to an activating group) is 1. The van der Waals surface area contributed by atoms with Crippen molar-refractivity contribution < 1.29 is 14.4 Å². The van der Waals surface area contributed by atoms with E-state index in [1.54, 1.807) is 25.6 Å². The Balaban J connectivity index is 1.54. The fourth-order valence-corrected chi connectivity index (χ4v) is 6.85. The number of hydrogen-bond acceptors (Lipinski definition) is 5. The Morgan fingerprint density at radius 1 is 1.11 bits per heavy atom. The van der Waals surface area contributed by atoms with Crippen LogP contribution in [0.3, 0.4) is 0 Å². The third-order valence-corrected chi connectivity index (χ3v) is 9.04. The van der Waals surface area contributed by atoms with Gasteiger partial charge >= 0.3 is 0 Å². The number of amides is 2. The molecule has 2 aromatic rings. The van der Waals surface area contributed by atoms with Gasteiger partial charge in [0.2, 0.25) is 11.8 Å². The molecule has 0 unspecified atom stereocenters. The number of nitrogens with zero attached hydrogens (tertiary/aromatic N) is 2. The molecule has 2 aromatic carbocycles. The third kappa shape index (κ3) is 6.10. The van der Waals surface area contributed by atoms with Gasteiger partial charge < -0.3 is 15.5 Å². The Kier molecular flexibility index (Phi) is 8.44. The van der Waals surface area contributed by atoms with E-state index in [1.807, 2.05) is 53.2 Å². The van der Waals surface area contributed by atoms with Gasteiger partial charge in [-0.2, -0.15) is 11.8 Å². The number of hydrogen-bond donors (Lipinski definition) is 1. The molecule has 4 rings (SSSR count). The van der Waals surface area contributed by atoms with Gasteiger partial charge in [0, 0.05) is 50.5 Å². The lowest BCUT2D eigenvalue weighted by Crippen LogP contribution is -2.53. The van der Waals surface area contributed by atoms with Gasteiger partial charge in [-0.15, -0.1) is 0 Å². The average molecular weight is 522 g/mol. The molecular weight excluding hydrogens is 482 g/mol. The summed E-state index contributed by atoms with van der Waals surface area (Å²) in [6.45, 7) is 5.05. The van der Waals surface area contributed by atoms with Gasteiger partial charge in [0.25, 0.3) is 0 Å². The number of carbonyl (C=O) groups is 3. The molecule has 7 heteroatoms. The molecule has 2 amide bonds. The molecule has 198 valence electrons. The van der Waals surface area contributed by atoms with Crippen LogP contribution >= 0.6 is 11.8 Å². The number of thioether (sulfide) groups is 1. The lowest BCUT2D eigenvalue weighted by molar-refractivity contribution is -0.146. The fraction of sp³-hybridized carbons (Fsp3) is 0.500. The molecule has 2 saturated heterocycles. The standard InChI is InChI=1S/C30H39N3O3S/c1-29(2,31)26(34)17-24(20-37-19-22-11-6-4-7-12-22)27(35)33-16-10-15-30(21-33)25(18-32(3)28(30)36)23-13-8-5-9-14-23/h4-9,11-14,24-25H,10,15-21,31H2,1-3H3/t24-,25+,30+/m1/s1. The Labute approximate surface area is 225 Å². The minimum atomic E-state index is -0.992. The molecule has 2 aliphatic rings. The van der Waals surface area contributed by atoms with Gasteiger partial charge in [-0.25, -0.2) is 0 Å². The van der Waals surface area contributed by atoms with Crippen molar-refractivity contribution in [1.82, 2.24) is 9.80 Å². The molecule has 6 nitrogen and oxygen atoms in total. The first-order valence-electron chi connectivity index (χ1n) is 13.1. The zero-order chi connectivity index (χ0) is 26.6. The average Bonchev–Trinajstić information content (AvgIpc) is 3.13. The first-order chi connectivity index (χ1) is 17.6. The first kappa shape index (κ1) is 27.4. The Hall–Kier alpha value is -2.64. The van der Waals surface area contributed by atoms with Crippen LogP contribution in [0.1, 0.15) is 50.2 Å². The van der Waals surface area contributed by atoms with Crippen LogP contribution in [-0.4, -0.2) is 65.4 Å². The van der Waals surface area contributed by atoms with E-state index in [4.69, 9.17) is 5.73 Å². The molecule has 2 fully saturated rings. The fourth-order valence-electron chi connectivity index (χ4n) is 5.76. The van der Waals surface area contributed by atoms with Crippen molar-refractivity contribution in [2.75, 3.05) is 32.4 Å². The molecule has 3 atom stereocenters. The zero-order valence-corrected chi connectivity index (χ0v) is 23.0. The van der Waals surface area contributed by atoms with E-state index in [1.165, 1.54) is 5.56 Å². The van der Waals surface area contributed by atoms with Crippen LogP contribution in [0.2, 0.25) is 0 Å². The number of nitrogens with two attached hydrogens (primary N) is 1. The van der Waals surface area contributed by atoms with Gasteiger partial charge in [-0.1, -0.05) is 60.7 Å². The van der Waals surface area contributed by atoms with Gasteiger partial charge in [-0.05, 0) is 37.8 Å². The van der Waals surface area contributed by atoms with Gasteiger partial charge in [-0.3, -0.25) is 14.4 Å². The molecule has 2 aliphatic heterocycles. The largest absolute Gasteiger partial charge is 0.345 e.